The van der Waals surface area contributed by atoms with Crippen molar-refractivity contribution in [1.29, 1.82) is 0 Å². The Morgan fingerprint density at radius 3 is 2.68 bits per heavy atom. The van der Waals surface area contributed by atoms with Crippen molar-refractivity contribution in [2.45, 2.75) is 23.9 Å². The lowest BCUT2D eigenvalue weighted by atomic mass is 10.1. The second-order valence-electron chi connectivity index (χ2n) is 5.79. The van der Waals surface area contributed by atoms with Crippen LogP contribution in [0.3, 0.4) is 0 Å². The molecule has 0 aliphatic carbocycles. The van der Waals surface area contributed by atoms with Crippen LogP contribution in [0.5, 0.6) is 0 Å². The van der Waals surface area contributed by atoms with Crippen LogP contribution in [-0.2, 0) is 10.0 Å². The maximum absolute atomic E-state index is 13.1. The van der Waals surface area contributed by atoms with Crippen LogP contribution in [0.2, 0.25) is 0 Å². The third-order valence-electron chi connectivity index (χ3n) is 4.25. The van der Waals surface area contributed by atoms with Gasteiger partial charge in [-0.1, -0.05) is 36.4 Å². The van der Waals surface area contributed by atoms with Gasteiger partial charge in [0.1, 0.15) is 0 Å². The third kappa shape index (κ3) is 2.92. The summed E-state index contributed by atoms with van der Waals surface area (Å²) in [5.41, 5.74) is 1.50. The standard InChI is InChI=1S/C16H16N6O2S/c23-25(24,22-11-5-9-14(22)16-18-20-21-19-16)15-10-4-8-13(17-15)12-6-2-1-3-7-12/h1-4,6-8,10,14H,5,9,11H2,(H,18,19,20,21)/t14-/m1/s1. The minimum Gasteiger partial charge on any atom is -0.241 e. The fourth-order valence-electron chi connectivity index (χ4n) is 3.06. The number of aromatic nitrogens is 5. The topological polar surface area (TPSA) is 105 Å². The van der Waals surface area contributed by atoms with E-state index in [9.17, 15) is 8.42 Å². The average Bonchev–Trinajstić information content (AvgIpc) is 3.34. The summed E-state index contributed by atoms with van der Waals surface area (Å²) in [6, 6.07) is 14.1. The lowest BCUT2D eigenvalue weighted by molar-refractivity contribution is 0.382. The van der Waals surface area contributed by atoms with E-state index in [0.717, 1.165) is 12.0 Å². The molecule has 1 saturated heterocycles. The van der Waals surface area contributed by atoms with E-state index in [1.807, 2.05) is 30.3 Å². The van der Waals surface area contributed by atoms with E-state index >= 15 is 0 Å². The van der Waals surface area contributed by atoms with Gasteiger partial charge < -0.3 is 0 Å². The van der Waals surface area contributed by atoms with Gasteiger partial charge in [0, 0.05) is 12.1 Å². The number of aromatic amines is 1. The van der Waals surface area contributed by atoms with Gasteiger partial charge in [-0.25, -0.2) is 18.5 Å². The van der Waals surface area contributed by atoms with Crippen LogP contribution in [0, 0.1) is 0 Å². The first-order chi connectivity index (χ1) is 12.2. The van der Waals surface area contributed by atoms with E-state index < -0.39 is 10.0 Å². The molecule has 1 aromatic carbocycles. The largest absolute Gasteiger partial charge is 0.261 e. The van der Waals surface area contributed by atoms with Crippen molar-refractivity contribution in [2.75, 3.05) is 6.54 Å². The maximum Gasteiger partial charge on any atom is 0.261 e. The van der Waals surface area contributed by atoms with Crippen LogP contribution in [0.1, 0.15) is 24.7 Å². The molecular formula is C16H16N6O2S. The molecule has 1 aliphatic heterocycles. The predicted octanol–water partition coefficient (Wildman–Crippen LogP) is 1.79. The van der Waals surface area contributed by atoms with E-state index in [1.165, 1.54) is 10.4 Å². The minimum atomic E-state index is -3.74. The molecule has 1 N–H and O–H groups in total. The molecule has 0 saturated carbocycles. The van der Waals surface area contributed by atoms with Gasteiger partial charge >= 0.3 is 0 Å². The van der Waals surface area contributed by atoms with Crippen molar-refractivity contribution < 1.29 is 8.42 Å². The van der Waals surface area contributed by atoms with E-state index in [-0.39, 0.29) is 11.1 Å². The number of H-pyrrole nitrogens is 1. The molecule has 25 heavy (non-hydrogen) atoms. The Morgan fingerprint density at radius 1 is 1.08 bits per heavy atom. The van der Waals surface area contributed by atoms with Gasteiger partial charge in [0.15, 0.2) is 10.9 Å². The molecule has 0 bridgehead atoms. The Balaban J connectivity index is 1.71. The van der Waals surface area contributed by atoms with Crippen molar-refractivity contribution in [2.24, 2.45) is 0 Å². The molecule has 1 fully saturated rings. The lowest BCUT2D eigenvalue weighted by Crippen LogP contribution is -2.31. The van der Waals surface area contributed by atoms with Crippen LogP contribution in [0.25, 0.3) is 11.3 Å². The molecule has 1 atom stereocenters. The Morgan fingerprint density at radius 2 is 1.92 bits per heavy atom. The summed E-state index contributed by atoms with van der Waals surface area (Å²) in [7, 11) is -3.74. The highest BCUT2D eigenvalue weighted by Gasteiger charge is 2.38. The second kappa shape index (κ2) is 6.34. The second-order valence-corrected chi connectivity index (χ2v) is 7.62. The summed E-state index contributed by atoms with van der Waals surface area (Å²) in [5, 5.41) is 13.7. The van der Waals surface area contributed by atoms with Gasteiger partial charge in [-0.2, -0.15) is 4.31 Å². The molecular weight excluding hydrogens is 340 g/mol. The molecule has 1 aliphatic rings. The quantitative estimate of drug-likeness (QED) is 0.764. The monoisotopic (exact) mass is 356 g/mol. The smallest absolute Gasteiger partial charge is 0.241 e. The number of hydrogen-bond acceptors (Lipinski definition) is 6. The highest BCUT2D eigenvalue weighted by molar-refractivity contribution is 7.89. The normalized spacial score (nSPS) is 18.5. The molecule has 0 spiro atoms. The fraction of sp³-hybridized carbons (Fsp3) is 0.250. The molecule has 4 rings (SSSR count). The molecule has 0 unspecified atom stereocenters. The number of pyridine rings is 1. The Kier molecular flexibility index (Phi) is 4.02. The summed E-state index contributed by atoms with van der Waals surface area (Å²) < 4.78 is 27.6. The Labute approximate surface area is 145 Å². The zero-order chi connectivity index (χ0) is 17.3. The average molecular weight is 356 g/mol. The van der Waals surface area contributed by atoms with Crippen molar-refractivity contribution in [3.8, 4) is 11.3 Å². The summed E-state index contributed by atoms with van der Waals surface area (Å²) in [6.07, 6.45) is 1.43. The SMILES string of the molecule is O=S(=O)(c1cccc(-c2ccccc2)n1)N1CCC[C@@H]1c1nnn[nH]1. The third-order valence-corrected chi connectivity index (χ3v) is 6.06. The highest BCUT2D eigenvalue weighted by atomic mass is 32.2. The zero-order valence-electron chi connectivity index (χ0n) is 13.3. The Bertz CT molecular complexity index is 959. The lowest BCUT2D eigenvalue weighted by Gasteiger charge is -2.21. The van der Waals surface area contributed by atoms with E-state index in [0.29, 0.717) is 24.5 Å². The molecule has 9 heteroatoms. The number of hydrogen-bond donors (Lipinski definition) is 1. The van der Waals surface area contributed by atoms with Gasteiger partial charge in [0.05, 0.1) is 11.7 Å². The number of nitrogens with one attached hydrogen (secondary N) is 1. The van der Waals surface area contributed by atoms with E-state index in [4.69, 9.17) is 0 Å². The van der Waals surface area contributed by atoms with Crippen LogP contribution >= 0.6 is 0 Å². The van der Waals surface area contributed by atoms with E-state index in [1.54, 1.807) is 12.1 Å². The van der Waals surface area contributed by atoms with E-state index in [2.05, 4.69) is 25.6 Å². The maximum atomic E-state index is 13.1. The number of benzene rings is 1. The molecule has 3 heterocycles. The van der Waals surface area contributed by atoms with Crippen molar-refractivity contribution in [3.63, 3.8) is 0 Å². The Hall–Kier alpha value is -2.65. The van der Waals surface area contributed by atoms with Crippen LogP contribution in [0.15, 0.2) is 53.6 Å². The first-order valence-corrected chi connectivity index (χ1v) is 9.38. The van der Waals surface area contributed by atoms with Crippen LogP contribution < -0.4 is 0 Å². The number of tetrazole rings is 1. The van der Waals surface area contributed by atoms with Crippen molar-refractivity contribution >= 4 is 10.0 Å². The van der Waals surface area contributed by atoms with Crippen molar-refractivity contribution in [1.82, 2.24) is 29.9 Å². The predicted molar refractivity (Wildman–Crippen MR) is 89.7 cm³/mol. The van der Waals surface area contributed by atoms with Gasteiger partial charge in [-0.3, -0.25) is 0 Å². The van der Waals surface area contributed by atoms with Crippen molar-refractivity contribution in [3.05, 3.63) is 54.4 Å². The number of rotatable bonds is 4. The molecule has 0 radical (unpaired) electrons. The summed E-state index contributed by atoms with van der Waals surface area (Å²) >= 11 is 0. The molecule has 2 aromatic heterocycles. The number of nitrogens with zero attached hydrogens (tertiary/aromatic N) is 5. The van der Waals surface area contributed by atoms with Gasteiger partial charge in [-0.05, 0) is 35.4 Å². The molecule has 3 aromatic rings. The molecule has 0 amide bonds. The number of sulfonamides is 1. The zero-order valence-corrected chi connectivity index (χ0v) is 14.1. The first kappa shape index (κ1) is 15.9. The van der Waals surface area contributed by atoms with Gasteiger partial charge in [0.25, 0.3) is 10.0 Å². The minimum absolute atomic E-state index is 0.0354. The summed E-state index contributed by atoms with van der Waals surface area (Å²) in [5.74, 6) is 0.459. The van der Waals surface area contributed by atoms with Gasteiger partial charge in [-0.15, -0.1) is 5.10 Å². The van der Waals surface area contributed by atoms with Gasteiger partial charge in [0.2, 0.25) is 0 Å². The van der Waals surface area contributed by atoms with Crippen LogP contribution in [0.4, 0.5) is 0 Å². The highest BCUT2D eigenvalue weighted by Crippen LogP contribution is 2.34. The van der Waals surface area contributed by atoms with Crippen LogP contribution in [-0.4, -0.2) is 44.9 Å². The molecule has 8 nitrogen and oxygen atoms in total. The fourth-order valence-corrected chi connectivity index (χ4v) is 4.67. The first-order valence-electron chi connectivity index (χ1n) is 7.94. The summed E-state index contributed by atoms with van der Waals surface area (Å²) in [6.45, 7) is 0.422. The summed E-state index contributed by atoms with van der Waals surface area (Å²) in [4.78, 5) is 4.38. The molecule has 128 valence electrons.